The van der Waals surface area contributed by atoms with Crippen molar-refractivity contribution in [3.63, 3.8) is 0 Å². The molecule has 1 fully saturated rings. The van der Waals surface area contributed by atoms with Crippen LogP contribution in [0.1, 0.15) is 36.6 Å². The summed E-state index contributed by atoms with van der Waals surface area (Å²) in [6, 6.07) is 8.37. The monoisotopic (exact) mass is 436 g/mol. The zero-order valence-corrected chi connectivity index (χ0v) is 16.5. The van der Waals surface area contributed by atoms with E-state index in [2.05, 4.69) is 10.6 Å². The molecule has 0 bridgehead atoms. The molecule has 2 aromatic carbocycles. The largest absolute Gasteiger partial charge is 0.488 e. The maximum absolute atomic E-state index is 13.0. The minimum absolute atomic E-state index is 0.0627. The van der Waals surface area contributed by atoms with Gasteiger partial charge in [-0.25, -0.2) is 4.79 Å². The van der Waals surface area contributed by atoms with Crippen LogP contribution in [0, 0.1) is 0 Å². The van der Waals surface area contributed by atoms with E-state index < -0.39 is 42.8 Å². The number of urea groups is 1. The minimum atomic E-state index is -1.65. The van der Waals surface area contributed by atoms with Crippen molar-refractivity contribution in [3.8, 4) is 0 Å². The van der Waals surface area contributed by atoms with E-state index in [-0.39, 0.29) is 35.2 Å². The molecule has 1 saturated heterocycles. The Morgan fingerprint density at radius 1 is 1.06 bits per heavy atom. The quantitative estimate of drug-likeness (QED) is 0.270. The fourth-order valence-corrected chi connectivity index (χ4v) is 3.62. The van der Waals surface area contributed by atoms with Gasteiger partial charge < -0.3 is 20.7 Å². The highest BCUT2D eigenvalue weighted by Crippen LogP contribution is 2.28. The molecule has 0 radical (unpaired) electrons. The summed E-state index contributed by atoms with van der Waals surface area (Å²) in [5, 5.41) is 25.3. The van der Waals surface area contributed by atoms with Crippen LogP contribution >= 0.6 is 0 Å². The number of amides is 6. The normalized spacial score (nSPS) is 17.6. The standard InChI is InChI=1S/C20H17BN4O7/c26-16(10-4-6-12(7-5-10)21(31)32)22-8-11-2-1-3-13-15(11)19(29)25(18(13)28)14-9-23-20(30)24-17(14)27/h1-7,14,31-32H,8-9H2,(H,22,26)(H2,23,24,27,30). The Bertz CT molecular complexity index is 1150. The van der Waals surface area contributed by atoms with Crippen molar-refractivity contribution in [2.24, 2.45) is 0 Å². The van der Waals surface area contributed by atoms with Gasteiger partial charge in [0.2, 0.25) is 0 Å². The number of imide groups is 2. The molecule has 11 nitrogen and oxygen atoms in total. The van der Waals surface area contributed by atoms with Gasteiger partial charge in [0.25, 0.3) is 23.6 Å². The van der Waals surface area contributed by atoms with Gasteiger partial charge in [0.05, 0.1) is 11.1 Å². The summed E-state index contributed by atoms with van der Waals surface area (Å²) in [6.45, 7) is -0.256. The number of rotatable bonds is 5. The van der Waals surface area contributed by atoms with E-state index in [4.69, 9.17) is 10.0 Å². The summed E-state index contributed by atoms with van der Waals surface area (Å²) in [4.78, 5) is 62.5. The zero-order chi connectivity index (χ0) is 23.0. The maximum Gasteiger partial charge on any atom is 0.488 e. The molecule has 1 atom stereocenters. The average molecular weight is 436 g/mol. The third-order valence-corrected chi connectivity index (χ3v) is 5.25. The SMILES string of the molecule is O=C1NCC(N2C(=O)c3cccc(CNC(=O)c4ccc(B(O)O)cc4)c3C2=O)C(=O)N1. The summed E-state index contributed by atoms with van der Waals surface area (Å²) in [7, 11) is -1.65. The van der Waals surface area contributed by atoms with Gasteiger partial charge in [-0.05, 0) is 29.2 Å². The van der Waals surface area contributed by atoms with Crippen molar-refractivity contribution in [3.05, 3.63) is 64.7 Å². The molecule has 2 aliphatic rings. The lowest BCUT2D eigenvalue weighted by Crippen LogP contribution is -2.62. The van der Waals surface area contributed by atoms with Crippen LogP contribution in [0.4, 0.5) is 4.79 Å². The number of benzene rings is 2. The second kappa shape index (κ2) is 8.25. The predicted octanol–water partition coefficient (Wildman–Crippen LogP) is -1.90. The Morgan fingerprint density at radius 3 is 2.44 bits per heavy atom. The van der Waals surface area contributed by atoms with E-state index in [1.165, 1.54) is 30.3 Å². The number of nitrogens with one attached hydrogen (secondary N) is 3. The fraction of sp³-hybridized carbons (Fsp3) is 0.150. The third kappa shape index (κ3) is 3.72. The molecule has 6 amide bonds. The molecular formula is C20H17BN4O7. The van der Waals surface area contributed by atoms with Crippen LogP contribution in [-0.4, -0.2) is 64.3 Å². The Morgan fingerprint density at radius 2 is 1.78 bits per heavy atom. The first-order valence-corrected chi connectivity index (χ1v) is 9.60. The van der Waals surface area contributed by atoms with Crippen molar-refractivity contribution in [2.45, 2.75) is 12.6 Å². The zero-order valence-electron chi connectivity index (χ0n) is 16.5. The summed E-state index contributed by atoms with van der Waals surface area (Å²) < 4.78 is 0. The summed E-state index contributed by atoms with van der Waals surface area (Å²) in [5.41, 5.74) is 1.07. The van der Waals surface area contributed by atoms with Crippen molar-refractivity contribution < 1.29 is 34.0 Å². The fourth-order valence-electron chi connectivity index (χ4n) is 3.62. The third-order valence-electron chi connectivity index (χ3n) is 5.25. The lowest BCUT2D eigenvalue weighted by Gasteiger charge is -2.28. The Labute approximate surface area is 181 Å². The van der Waals surface area contributed by atoms with Crippen LogP contribution in [0.15, 0.2) is 42.5 Å². The molecule has 2 aliphatic heterocycles. The molecule has 5 N–H and O–H groups in total. The Balaban J connectivity index is 1.52. The van der Waals surface area contributed by atoms with E-state index >= 15 is 0 Å². The smallest absolute Gasteiger partial charge is 0.423 e. The Kier molecular flexibility index (Phi) is 5.47. The van der Waals surface area contributed by atoms with Crippen molar-refractivity contribution >= 4 is 42.2 Å². The van der Waals surface area contributed by atoms with Gasteiger partial charge in [0, 0.05) is 18.7 Å². The molecule has 0 spiro atoms. The van der Waals surface area contributed by atoms with Crippen LogP contribution in [0.5, 0.6) is 0 Å². The first kappa shape index (κ1) is 21.2. The molecule has 0 aromatic heterocycles. The van der Waals surface area contributed by atoms with E-state index in [0.29, 0.717) is 5.56 Å². The van der Waals surface area contributed by atoms with E-state index in [1.807, 2.05) is 5.32 Å². The highest BCUT2D eigenvalue weighted by Gasteiger charge is 2.45. The highest BCUT2D eigenvalue weighted by atomic mass is 16.4. The summed E-state index contributed by atoms with van der Waals surface area (Å²) in [6.07, 6.45) is 0. The van der Waals surface area contributed by atoms with Gasteiger partial charge in [-0.2, -0.15) is 0 Å². The lowest BCUT2D eigenvalue weighted by molar-refractivity contribution is -0.124. The summed E-state index contributed by atoms with van der Waals surface area (Å²) >= 11 is 0. The lowest BCUT2D eigenvalue weighted by atomic mass is 9.80. The summed E-state index contributed by atoms with van der Waals surface area (Å²) in [5.74, 6) is -2.57. The first-order valence-electron chi connectivity index (χ1n) is 9.60. The predicted molar refractivity (Wildman–Crippen MR) is 110 cm³/mol. The van der Waals surface area contributed by atoms with Crippen molar-refractivity contribution in [1.82, 2.24) is 20.9 Å². The second-order valence-electron chi connectivity index (χ2n) is 7.21. The number of fused-ring (bicyclic) bond motifs is 1. The molecule has 2 aromatic rings. The molecule has 162 valence electrons. The van der Waals surface area contributed by atoms with Crippen molar-refractivity contribution in [2.75, 3.05) is 6.54 Å². The maximum atomic E-state index is 13.0. The van der Waals surface area contributed by atoms with E-state index in [9.17, 15) is 24.0 Å². The van der Waals surface area contributed by atoms with Gasteiger partial charge in [0.15, 0.2) is 0 Å². The Hall–Kier alpha value is -4.03. The molecule has 4 rings (SSSR count). The average Bonchev–Trinajstić information content (AvgIpc) is 3.03. The molecule has 0 saturated carbocycles. The molecule has 32 heavy (non-hydrogen) atoms. The highest BCUT2D eigenvalue weighted by molar-refractivity contribution is 6.58. The van der Waals surface area contributed by atoms with E-state index in [1.54, 1.807) is 12.1 Å². The number of carbonyl (C=O) groups is 5. The molecule has 12 heteroatoms. The molecule has 2 heterocycles. The van der Waals surface area contributed by atoms with E-state index in [0.717, 1.165) is 4.90 Å². The number of hydrogen-bond donors (Lipinski definition) is 5. The second-order valence-corrected chi connectivity index (χ2v) is 7.21. The van der Waals surface area contributed by atoms with Crippen molar-refractivity contribution in [1.29, 1.82) is 0 Å². The van der Waals surface area contributed by atoms with Gasteiger partial charge in [0.1, 0.15) is 6.04 Å². The van der Waals surface area contributed by atoms with Gasteiger partial charge in [-0.15, -0.1) is 0 Å². The molecule has 1 unspecified atom stereocenters. The van der Waals surface area contributed by atoms with Gasteiger partial charge in [-0.1, -0.05) is 24.3 Å². The number of nitrogens with zero attached hydrogens (tertiary/aromatic N) is 1. The topological polar surface area (TPSA) is 165 Å². The van der Waals surface area contributed by atoms with Crippen LogP contribution in [0.3, 0.4) is 0 Å². The van der Waals surface area contributed by atoms with Crippen LogP contribution in [0.2, 0.25) is 0 Å². The van der Waals surface area contributed by atoms with Gasteiger partial charge in [-0.3, -0.25) is 29.4 Å². The number of hydrogen-bond acceptors (Lipinski definition) is 7. The minimum Gasteiger partial charge on any atom is -0.423 e. The molecule has 0 aliphatic carbocycles. The van der Waals surface area contributed by atoms with Crippen LogP contribution < -0.4 is 21.4 Å². The van der Waals surface area contributed by atoms with Crippen LogP contribution in [-0.2, 0) is 11.3 Å². The van der Waals surface area contributed by atoms with Gasteiger partial charge >= 0.3 is 13.1 Å². The van der Waals surface area contributed by atoms with Crippen LogP contribution in [0.25, 0.3) is 0 Å². The first-order chi connectivity index (χ1) is 15.3. The molecular weight excluding hydrogens is 419 g/mol. The number of carbonyl (C=O) groups excluding carboxylic acids is 5.